The second kappa shape index (κ2) is 10.5. The molecular weight excluding hydrogens is 352 g/mol. The molecule has 1 aromatic rings. The van der Waals surface area contributed by atoms with Gasteiger partial charge in [0, 0.05) is 17.1 Å². The molecule has 144 valence electrons. The molecule has 7 heteroatoms. The number of amides is 2. The lowest BCUT2D eigenvalue weighted by Crippen LogP contribution is -3.15. The molecule has 6 nitrogen and oxygen atoms in total. The maximum atomic E-state index is 12.6. The lowest BCUT2D eigenvalue weighted by atomic mass is 10.2. The molecule has 0 aromatic heterocycles. The summed E-state index contributed by atoms with van der Waals surface area (Å²) in [5.74, 6) is 0.154. The molecule has 1 unspecified atom stereocenters. The Bertz CT molecular complexity index is 603. The first kappa shape index (κ1) is 20.7. The number of nitrogens with zero attached hydrogens (tertiary/aromatic N) is 1. The highest BCUT2D eigenvalue weighted by Gasteiger charge is 2.26. The number of likely N-dealkylation sites (N-methyl/N-ethyl adjacent to an activating group) is 2. The van der Waals surface area contributed by atoms with E-state index in [1.54, 1.807) is 0 Å². The fraction of sp³-hybridized carbons (Fsp3) is 0.579. The van der Waals surface area contributed by atoms with Crippen LogP contribution in [0.15, 0.2) is 24.3 Å². The number of rotatable bonds is 8. The molecule has 0 radical (unpaired) electrons. The second-order valence-corrected chi connectivity index (χ2v) is 7.28. The van der Waals surface area contributed by atoms with Crippen LogP contribution in [0.25, 0.3) is 0 Å². The van der Waals surface area contributed by atoms with E-state index in [-0.39, 0.29) is 11.8 Å². The summed E-state index contributed by atoms with van der Waals surface area (Å²) in [5.41, 5.74) is 1.23. The van der Waals surface area contributed by atoms with E-state index in [1.807, 2.05) is 36.9 Å². The Morgan fingerprint density at radius 3 is 2.58 bits per heavy atom. The van der Waals surface area contributed by atoms with Crippen molar-refractivity contribution >= 4 is 23.4 Å². The summed E-state index contributed by atoms with van der Waals surface area (Å²) in [6, 6.07) is 7.98. The number of nitrogens with one attached hydrogen (secondary N) is 3. The third-order valence-electron chi connectivity index (χ3n) is 4.85. The van der Waals surface area contributed by atoms with Gasteiger partial charge in [-0.1, -0.05) is 23.7 Å². The van der Waals surface area contributed by atoms with Crippen LogP contribution >= 0.6 is 11.6 Å². The fourth-order valence-corrected chi connectivity index (χ4v) is 3.52. The molecule has 26 heavy (non-hydrogen) atoms. The predicted molar refractivity (Wildman–Crippen MR) is 102 cm³/mol. The molecule has 1 aromatic carbocycles. The molecule has 1 heterocycles. The first-order chi connectivity index (χ1) is 12.5. The Hall–Kier alpha value is -1.63. The van der Waals surface area contributed by atoms with Gasteiger partial charge in [0.2, 0.25) is 0 Å². The summed E-state index contributed by atoms with van der Waals surface area (Å²) >= 11 is 6.05. The zero-order chi connectivity index (χ0) is 18.9. The van der Waals surface area contributed by atoms with Crippen LogP contribution < -0.4 is 15.1 Å². The SMILES string of the molecule is CCNC(=O)C[NH+](CC)CC(=O)N1CC[NH+](Cc2cccc(Cl)c2)CC1. The molecule has 1 fully saturated rings. The van der Waals surface area contributed by atoms with Crippen LogP contribution in [0.3, 0.4) is 0 Å². The van der Waals surface area contributed by atoms with Gasteiger partial charge >= 0.3 is 0 Å². The van der Waals surface area contributed by atoms with Crippen LogP contribution in [-0.4, -0.2) is 69.1 Å². The predicted octanol–water partition coefficient (Wildman–Crippen LogP) is -1.39. The highest BCUT2D eigenvalue weighted by molar-refractivity contribution is 6.30. The highest BCUT2D eigenvalue weighted by Crippen LogP contribution is 2.09. The summed E-state index contributed by atoms with van der Waals surface area (Å²) in [6.45, 7) is 10.4. The Morgan fingerprint density at radius 1 is 1.23 bits per heavy atom. The number of halogens is 1. The van der Waals surface area contributed by atoms with Gasteiger partial charge in [-0.2, -0.15) is 0 Å². The van der Waals surface area contributed by atoms with E-state index in [0.29, 0.717) is 19.6 Å². The standard InChI is InChI=1S/C19H29ClN4O2/c1-3-21-18(25)14-22(4-2)15-19(26)24-10-8-23(9-11-24)13-16-6-5-7-17(20)12-16/h5-7,12H,3-4,8-11,13-15H2,1-2H3,(H,21,25)/p+2. The monoisotopic (exact) mass is 382 g/mol. The molecule has 1 atom stereocenters. The minimum absolute atomic E-state index is 0.00735. The summed E-state index contributed by atoms with van der Waals surface area (Å²) in [4.78, 5) is 28.7. The zero-order valence-corrected chi connectivity index (χ0v) is 16.6. The molecule has 0 aliphatic carbocycles. The van der Waals surface area contributed by atoms with E-state index in [4.69, 9.17) is 11.6 Å². The van der Waals surface area contributed by atoms with E-state index in [9.17, 15) is 9.59 Å². The van der Waals surface area contributed by atoms with Crippen molar-refractivity contribution in [3.8, 4) is 0 Å². The van der Waals surface area contributed by atoms with Gasteiger partial charge in [0.1, 0.15) is 6.54 Å². The minimum Gasteiger partial charge on any atom is -0.351 e. The number of carbonyl (C=O) groups excluding carboxylic acids is 2. The molecule has 2 rings (SSSR count). The van der Waals surface area contributed by atoms with Crippen LogP contribution in [0.1, 0.15) is 19.4 Å². The van der Waals surface area contributed by atoms with Gasteiger partial charge in [0.15, 0.2) is 13.1 Å². The van der Waals surface area contributed by atoms with E-state index in [2.05, 4.69) is 11.4 Å². The summed E-state index contributed by atoms with van der Waals surface area (Å²) in [6.07, 6.45) is 0. The highest BCUT2D eigenvalue weighted by atomic mass is 35.5. The van der Waals surface area contributed by atoms with Crippen molar-refractivity contribution in [2.45, 2.75) is 20.4 Å². The largest absolute Gasteiger partial charge is 0.351 e. The topological polar surface area (TPSA) is 58.3 Å². The molecular formula is C19H31ClN4O2+2. The van der Waals surface area contributed by atoms with Crippen molar-refractivity contribution < 1.29 is 19.4 Å². The number of piperazine rings is 1. The zero-order valence-electron chi connectivity index (χ0n) is 15.8. The first-order valence-electron chi connectivity index (χ1n) is 9.47. The third kappa shape index (κ3) is 6.59. The van der Waals surface area contributed by atoms with E-state index in [0.717, 1.165) is 49.2 Å². The van der Waals surface area contributed by atoms with Crippen molar-refractivity contribution in [3.05, 3.63) is 34.9 Å². The number of quaternary nitrogens is 2. The van der Waals surface area contributed by atoms with E-state index in [1.165, 1.54) is 10.5 Å². The Kier molecular flexibility index (Phi) is 8.35. The normalized spacial score (nSPS) is 16.3. The number of carbonyl (C=O) groups is 2. The van der Waals surface area contributed by atoms with Crippen LogP contribution in [0.5, 0.6) is 0 Å². The van der Waals surface area contributed by atoms with Gasteiger partial charge in [-0.15, -0.1) is 0 Å². The minimum atomic E-state index is 0.00735. The lowest BCUT2D eigenvalue weighted by Gasteiger charge is -2.32. The van der Waals surface area contributed by atoms with Crippen molar-refractivity contribution in [3.63, 3.8) is 0 Å². The summed E-state index contributed by atoms with van der Waals surface area (Å²) < 4.78 is 0. The average Bonchev–Trinajstić information content (AvgIpc) is 2.62. The molecule has 3 N–H and O–H groups in total. The Morgan fingerprint density at radius 2 is 1.96 bits per heavy atom. The molecule has 1 aliphatic rings. The molecule has 0 spiro atoms. The molecule has 1 aliphatic heterocycles. The van der Waals surface area contributed by atoms with Crippen LogP contribution in [0.4, 0.5) is 0 Å². The Labute approximate surface area is 161 Å². The van der Waals surface area contributed by atoms with Crippen molar-refractivity contribution in [2.75, 3.05) is 52.4 Å². The molecule has 0 bridgehead atoms. The summed E-state index contributed by atoms with van der Waals surface area (Å²) in [5, 5.41) is 3.57. The summed E-state index contributed by atoms with van der Waals surface area (Å²) in [7, 11) is 0. The lowest BCUT2D eigenvalue weighted by molar-refractivity contribution is -0.917. The maximum absolute atomic E-state index is 12.6. The van der Waals surface area contributed by atoms with Crippen molar-refractivity contribution in [1.82, 2.24) is 10.2 Å². The van der Waals surface area contributed by atoms with Crippen LogP contribution in [0.2, 0.25) is 5.02 Å². The van der Waals surface area contributed by atoms with Crippen LogP contribution in [0, 0.1) is 0 Å². The van der Waals surface area contributed by atoms with E-state index < -0.39 is 0 Å². The van der Waals surface area contributed by atoms with Gasteiger partial charge in [-0.25, -0.2) is 0 Å². The number of hydrogen-bond donors (Lipinski definition) is 3. The quantitative estimate of drug-likeness (QED) is 0.518. The van der Waals surface area contributed by atoms with Gasteiger partial charge < -0.3 is 20.0 Å². The third-order valence-corrected chi connectivity index (χ3v) is 5.09. The number of hydrogen-bond acceptors (Lipinski definition) is 2. The van der Waals surface area contributed by atoms with Crippen molar-refractivity contribution in [1.29, 1.82) is 0 Å². The van der Waals surface area contributed by atoms with Gasteiger partial charge in [-0.05, 0) is 26.0 Å². The average molecular weight is 383 g/mol. The van der Waals surface area contributed by atoms with Crippen LogP contribution in [-0.2, 0) is 16.1 Å². The first-order valence-corrected chi connectivity index (χ1v) is 9.85. The molecule has 0 saturated carbocycles. The van der Waals surface area contributed by atoms with Crippen molar-refractivity contribution in [2.24, 2.45) is 0 Å². The smallest absolute Gasteiger partial charge is 0.278 e. The molecule has 1 saturated heterocycles. The van der Waals surface area contributed by atoms with Gasteiger partial charge in [0.05, 0.1) is 32.7 Å². The van der Waals surface area contributed by atoms with Gasteiger partial charge in [-0.3, -0.25) is 9.59 Å². The molecule has 2 amide bonds. The number of benzene rings is 1. The van der Waals surface area contributed by atoms with E-state index >= 15 is 0 Å². The Balaban J connectivity index is 1.77. The maximum Gasteiger partial charge on any atom is 0.278 e. The second-order valence-electron chi connectivity index (χ2n) is 6.85. The fourth-order valence-electron chi connectivity index (χ4n) is 3.31. The van der Waals surface area contributed by atoms with Gasteiger partial charge in [0.25, 0.3) is 11.8 Å².